The number of aliphatic carboxylic acids is 1. The van der Waals surface area contributed by atoms with Gasteiger partial charge in [-0.2, -0.15) is 52.7 Å². The Kier molecular flexibility index (Phi) is 6.03. The van der Waals surface area contributed by atoms with Crippen LogP contribution in [0.4, 0.5) is 52.7 Å². The number of carboxylic acids is 1. The lowest BCUT2D eigenvalue weighted by Gasteiger charge is -2.32. The normalized spacial score (nSPS) is 15.0. The van der Waals surface area contributed by atoms with E-state index >= 15 is 0 Å². The van der Waals surface area contributed by atoms with Crippen molar-refractivity contribution in [2.75, 3.05) is 0 Å². The molecule has 1 N–H and O–H groups in total. The zero-order valence-corrected chi connectivity index (χ0v) is 10.2. The van der Waals surface area contributed by atoms with Crippen molar-refractivity contribution in [2.45, 2.75) is 37.2 Å². The molecule has 17 heteroatoms. The van der Waals surface area contributed by atoms with Crippen molar-refractivity contribution in [3.63, 3.8) is 0 Å². The first-order valence-electron chi connectivity index (χ1n) is 4.76. The van der Waals surface area contributed by atoms with E-state index in [0.717, 1.165) is 0 Å². The minimum absolute atomic E-state index is 1.61. The molecule has 0 aliphatic rings. The molecule has 0 rings (SSSR count). The third kappa shape index (κ3) is 5.00. The van der Waals surface area contributed by atoms with Crippen molar-refractivity contribution in [2.24, 2.45) is 0 Å². The highest BCUT2D eigenvalue weighted by atomic mass is 19.4. The Morgan fingerprint density at radius 1 is 0.708 bits per heavy atom. The topological polar surface area (TPSA) is 65.0 Å². The number of carboxylic acid groups (broad SMARTS) is 1. The highest BCUT2D eigenvalue weighted by molar-refractivity contribution is 5.73. The Hall–Kier alpha value is -1.49. The molecule has 0 saturated heterocycles. The monoisotopic (exact) mass is 394 g/mol. The van der Waals surface area contributed by atoms with Gasteiger partial charge in [0, 0.05) is 0 Å². The molecule has 0 unspecified atom stereocenters. The fourth-order valence-corrected chi connectivity index (χ4v) is 0.724. The van der Waals surface area contributed by atoms with Crippen molar-refractivity contribution >= 4 is 5.97 Å². The van der Waals surface area contributed by atoms with E-state index < -0.39 is 43.1 Å². The summed E-state index contributed by atoms with van der Waals surface area (Å²) < 4.78 is 153. The van der Waals surface area contributed by atoms with Gasteiger partial charge in [0.1, 0.15) is 0 Å². The van der Waals surface area contributed by atoms with Gasteiger partial charge in [0.25, 0.3) is 0 Å². The average molecular weight is 394 g/mol. The van der Waals surface area contributed by atoms with Gasteiger partial charge in [-0.15, -0.1) is 0 Å². The number of halogens is 12. The molecule has 0 amide bonds. The molecule has 0 aromatic carbocycles. The summed E-state index contributed by atoms with van der Waals surface area (Å²) in [6, 6.07) is 0. The summed E-state index contributed by atoms with van der Waals surface area (Å²) in [4.78, 5) is 9.73. The summed E-state index contributed by atoms with van der Waals surface area (Å²) in [7, 11) is 0. The molecule has 0 aromatic heterocycles. The molecule has 0 aromatic rings. The molecule has 144 valence electrons. The Morgan fingerprint density at radius 2 is 1.04 bits per heavy atom. The van der Waals surface area contributed by atoms with Gasteiger partial charge in [-0.05, 0) is 0 Å². The van der Waals surface area contributed by atoms with Crippen molar-refractivity contribution in [3.8, 4) is 0 Å². The molecule has 0 spiro atoms. The molecule has 0 aliphatic heterocycles. The van der Waals surface area contributed by atoms with Crippen LogP contribution in [0.25, 0.3) is 0 Å². The van der Waals surface area contributed by atoms with Crippen LogP contribution in [-0.2, 0) is 19.0 Å². The van der Waals surface area contributed by atoms with Crippen LogP contribution < -0.4 is 0 Å². The predicted molar refractivity (Wildman–Crippen MR) is 41.6 cm³/mol. The maximum Gasteiger partial charge on any atom is 0.460 e. The number of hydrogen-bond acceptors (Lipinski definition) is 4. The van der Waals surface area contributed by atoms with Crippen LogP contribution in [0.3, 0.4) is 0 Å². The van der Waals surface area contributed by atoms with Crippen LogP contribution in [0.15, 0.2) is 0 Å². The zero-order chi connectivity index (χ0) is 19.8. The first-order chi connectivity index (χ1) is 10.3. The predicted octanol–water partition coefficient (Wildman–Crippen LogP) is 3.31. The molecule has 0 saturated carbocycles. The fourth-order valence-electron chi connectivity index (χ4n) is 0.724. The van der Waals surface area contributed by atoms with Crippen LogP contribution in [0.2, 0.25) is 0 Å². The molecule has 0 heterocycles. The summed E-state index contributed by atoms with van der Waals surface area (Å²) in [6.45, 7) is -4.71. The quantitative estimate of drug-likeness (QED) is 0.608. The van der Waals surface area contributed by atoms with E-state index in [1.54, 1.807) is 9.47 Å². The van der Waals surface area contributed by atoms with Gasteiger partial charge in [-0.3, -0.25) is 4.74 Å². The molecule has 0 radical (unpaired) electrons. The summed E-state index contributed by atoms with van der Waals surface area (Å²) in [6.07, 6.45) is -33.6. The molecule has 0 atom stereocenters. The molecule has 24 heavy (non-hydrogen) atoms. The number of ether oxygens (including phenoxy) is 3. The minimum Gasteiger partial charge on any atom is -0.475 e. The molecular weight excluding hydrogens is 392 g/mol. The van der Waals surface area contributed by atoms with Gasteiger partial charge in [0.05, 0.1) is 0 Å². The van der Waals surface area contributed by atoms with E-state index in [4.69, 9.17) is 5.11 Å². The van der Waals surface area contributed by atoms with E-state index in [1.165, 1.54) is 0 Å². The zero-order valence-electron chi connectivity index (χ0n) is 10.2. The fraction of sp³-hybridized carbons (Fsp3) is 0.857. The van der Waals surface area contributed by atoms with Crippen LogP contribution in [-0.4, -0.2) is 48.2 Å². The van der Waals surface area contributed by atoms with Gasteiger partial charge in [-0.1, -0.05) is 0 Å². The summed E-state index contributed by atoms with van der Waals surface area (Å²) in [5.41, 5.74) is 0. The maximum absolute atomic E-state index is 12.7. The lowest BCUT2D eigenvalue weighted by atomic mass is 10.5. The van der Waals surface area contributed by atoms with Crippen LogP contribution in [0, 0.1) is 0 Å². The molecule has 0 bridgehead atoms. The third-order valence-corrected chi connectivity index (χ3v) is 1.68. The second-order valence-corrected chi connectivity index (χ2v) is 3.47. The van der Waals surface area contributed by atoms with Crippen LogP contribution in [0.5, 0.6) is 0 Å². The van der Waals surface area contributed by atoms with Gasteiger partial charge < -0.3 is 5.11 Å². The van der Waals surface area contributed by atoms with Gasteiger partial charge in [0.2, 0.25) is 0 Å². The largest absolute Gasteiger partial charge is 0.475 e. The standard InChI is InChI=1S/C7H2F12O5/c8-2(9)22-4(12,13)5(14,15)24-7(18,19)6(16,17)23-3(10,11)1(20)21/h2H,(H,20,21). The van der Waals surface area contributed by atoms with Crippen molar-refractivity contribution in [1.82, 2.24) is 0 Å². The van der Waals surface area contributed by atoms with Gasteiger partial charge in [0.15, 0.2) is 0 Å². The second-order valence-electron chi connectivity index (χ2n) is 3.47. The SMILES string of the molecule is O=C(O)C(F)(F)OC(F)(F)C(F)(F)OC(F)(F)C(F)(F)OC(F)F. The van der Waals surface area contributed by atoms with Crippen molar-refractivity contribution in [3.05, 3.63) is 0 Å². The minimum atomic E-state index is -7.04. The van der Waals surface area contributed by atoms with Crippen LogP contribution >= 0.6 is 0 Å². The van der Waals surface area contributed by atoms with E-state index in [2.05, 4.69) is 0 Å². The first-order valence-corrected chi connectivity index (χ1v) is 4.76. The van der Waals surface area contributed by atoms with Gasteiger partial charge >= 0.3 is 43.1 Å². The number of hydrogen-bond donors (Lipinski definition) is 1. The number of carbonyl (C=O) groups is 1. The smallest absolute Gasteiger partial charge is 0.460 e. The highest BCUT2D eigenvalue weighted by Crippen LogP contribution is 2.47. The maximum atomic E-state index is 12.7. The van der Waals surface area contributed by atoms with E-state index in [1.807, 2.05) is 4.74 Å². The Morgan fingerprint density at radius 3 is 1.38 bits per heavy atom. The van der Waals surface area contributed by atoms with Crippen LogP contribution in [0.1, 0.15) is 0 Å². The Bertz CT molecular complexity index is 463. The number of alkyl halides is 12. The Balaban J connectivity index is 5.47. The van der Waals surface area contributed by atoms with E-state index in [9.17, 15) is 57.5 Å². The lowest BCUT2D eigenvalue weighted by molar-refractivity contribution is -0.548. The van der Waals surface area contributed by atoms with Crippen molar-refractivity contribution < 1.29 is 76.8 Å². The lowest BCUT2D eigenvalue weighted by Crippen LogP contribution is -2.57. The van der Waals surface area contributed by atoms with Crippen molar-refractivity contribution in [1.29, 1.82) is 0 Å². The molecule has 5 nitrogen and oxygen atoms in total. The third-order valence-electron chi connectivity index (χ3n) is 1.68. The summed E-state index contributed by atoms with van der Waals surface area (Å²) >= 11 is 0. The van der Waals surface area contributed by atoms with E-state index in [-0.39, 0.29) is 0 Å². The summed E-state index contributed by atoms with van der Waals surface area (Å²) in [5, 5.41) is 7.67. The first kappa shape index (κ1) is 22.5. The molecule has 0 fully saturated rings. The second kappa shape index (κ2) is 6.43. The highest BCUT2D eigenvalue weighted by Gasteiger charge is 2.73. The number of rotatable bonds is 9. The van der Waals surface area contributed by atoms with E-state index in [0.29, 0.717) is 0 Å². The summed E-state index contributed by atoms with van der Waals surface area (Å²) in [5.74, 6) is -3.59. The van der Waals surface area contributed by atoms with Gasteiger partial charge in [-0.25, -0.2) is 14.3 Å². The average Bonchev–Trinajstić information content (AvgIpc) is 2.22. The molecule has 0 aliphatic carbocycles. The Labute approximate surface area is 121 Å². The molecular formula is C7H2F12O5.